The number of carbonyl (C=O) groups is 1. The third-order valence-corrected chi connectivity index (χ3v) is 3.59. The Bertz CT molecular complexity index is 422. The van der Waals surface area contributed by atoms with Crippen molar-refractivity contribution in [1.82, 2.24) is 4.90 Å². The van der Waals surface area contributed by atoms with Crippen molar-refractivity contribution in [2.45, 2.75) is 31.2 Å². The average molecular weight is 233 g/mol. The Morgan fingerprint density at radius 2 is 2.12 bits per heavy atom. The molecule has 0 bridgehead atoms. The van der Waals surface area contributed by atoms with Crippen LogP contribution in [0.3, 0.4) is 0 Å². The van der Waals surface area contributed by atoms with Crippen molar-refractivity contribution in [3.63, 3.8) is 0 Å². The number of hydrogen-bond donors (Lipinski definition) is 1. The maximum atomic E-state index is 11.4. The Labute approximate surface area is 102 Å². The van der Waals surface area contributed by atoms with E-state index in [1.165, 1.54) is 5.56 Å². The number of rotatable bonds is 4. The Morgan fingerprint density at radius 1 is 1.41 bits per heavy atom. The van der Waals surface area contributed by atoms with Crippen LogP contribution in [0.25, 0.3) is 0 Å². The predicted molar refractivity (Wildman–Crippen MR) is 67.0 cm³/mol. The molecule has 1 aromatic carbocycles. The molecule has 3 nitrogen and oxygen atoms in total. The lowest BCUT2D eigenvalue weighted by atomic mass is 9.64. The summed E-state index contributed by atoms with van der Waals surface area (Å²) < 4.78 is 0. The van der Waals surface area contributed by atoms with Crippen LogP contribution in [-0.2, 0) is 16.8 Å². The lowest BCUT2D eigenvalue weighted by Gasteiger charge is -2.38. The monoisotopic (exact) mass is 233 g/mol. The Balaban J connectivity index is 2.29. The van der Waals surface area contributed by atoms with Gasteiger partial charge in [-0.25, -0.2) is 0 Å². The van der Waals surface area contributed by atoms with E-state index in [1.807, 2.05) is 32.3 Å². The molecule has 0 amide bonds. The molecule has 3 heteroatoms. The highest BCUT2D eigenvalue weighted by Crippen LogP contribution is 2.44. The molecule has 0 atom stereocenters. The summed E-state index contributed by atoms with van der Waals surface area (Å²) in [5.41, 5.74) is 1.54. The van der Waals surface area contributed by atoms with Gasteiger partial charge in [0.1, 0.15) is 0 Å². The molecule has 0 aromatic heterocycles. The molecule has 17 heavy (non-hydrogen) atoms. The van der Waals surface area contributed by atoms with Gasteiger partial charge in [0.2, 0.25) is 0 Å². The fraction of sp³-hybridized carbons (Fsp3) is 0.500. The minimum atomic E-state index is -0.675. The molecule has 1 aliphatic rings. The Kier molecular flexibility index (Phi) is 3.20. The third-order valence-electron chi connectivity index (χ3n) is 3.59. The van der Waals surface area contributed by atoms with E-state index >= 15 is 0 Å². The minimum Gasteiger partial charge on any atom is -0.481 e. The quantitative estimate of drug-likeness (QED) is 0.867. The van der Waals surface area contributed by atoms with Gasteiger partial charge in [-0.15, -0.1) is 0 Å². The van der Waals surface area contributed by atoms with Gasteiger partial charge in [-0.2, -0.15) is 0 Å². The molecular weight excluding hydrogens is 214 g/mol. The molecule has 0 unspecified atom stereocenters. The van der Waals surface area contributed by atoms with Crippen LogP contribution in [0.4, 0.5) is 0 Å². The van der Waals surface area contributed by atoms with Gasteiger partial charge in [-0.3, -0.25) is 4.79 Å². The Morgan fingerprint density at radius 3 is 2.59 bits per heavy atom. The SMILES string of the molecule is CN(C)Cc1cccc(C2(C(=O)O)CCC2)c1. The molecule has 0 aliphatic heterocycles. The summed E-state index contributed by atoms with van der Waals surface area (Å²) in [5, 5.41) is 9.40. The standard InChI is InChI=1S/C14H19NO2/c1-15(2)10-11-5-3-6-12(9-11)14(13(16)17)7-4-8-14/h3,5-6,9H,4,7-8,10H2,1-2H3,(H,16,17). The maximum absolute atomic E-state index is 11.4. The number of carboxylic acid groups (broad SMARTS) is 1. The van der Waals surface area contributed by atoms with Gasteiger partial charge in [0.15, 0.2) is 0 Å². The first-order chi connectivity index (χ1) is 8.04. The molecule has 2 rings (SSSR count). The fourth-order valence-corrected chi connectivity index (χ4v) is 2.49. The zero-order chi connectivity index (χ0) is 12.5. The number of hydrogen-bond acceptors (Lipinski definition) is 2. The van der Waals surface area contributed by atoms with E-state index in [2.05, 4.69) is 11.0 Å². The molecule has 1 N–H and O–H groups in total. The second-order valence-corrected chi connectivity index (χ2v) is 5.18. The summed E-state index contributed by atoms with van der Waals surface area (Å²) in [6.45, 7) is 0.851. The first-order valence-electron chi connectivity index (χ1n) is 6.02. The van der Waals surface area contributed by atoms with E-state index in [0.717, 1.165) is 31.4 Å². The molecule has 0 spiro atoms. The number of benzene rings is 1. The molecule has 1 fully saturated rings. The van der Waals surface area contributed by atoms with Crippen LogP contribution in [0.5, 0.6) is 0 Å². The first kappa shape index (κ1) is 12.1. The zero-order valence-electron chi connectivity index (χ0n) is 10.4. The normalized spacial score (nSPS) is 17.8. The van der Waals surface area contributed by atoms with Gasteiger partial charge < -0.3 is 10.0 Å². The lowest BCUT2D eigenvalue weighted by molar-refractivity contribution is -0.147. The summed E-state index contributed by atoms with van der Waals surface area (Å²) in [6, 6.07) is 8.02. The summed E-state index contributed by atoms with van der Waals surface area (Å²) in [4.78, 5) is 13.5. The van der Waals surface area contributed by atoms with Gasteiger partial charge >= 0.3 is 5.97 Å². The van der Waals surface area contributed by atoms with E-state index in [4.69, 9.17) is 0 Å². The molecule has 0 radical (unpaired) electrons. The second-order valence-electron chi connectivity index (χ2n) is 5.18. The summed E-state index contributed by atoms with van der Waals surface area (Å²) in [5.74, 6) is -0.675. The smallest absolute Gasteiger partial charge is 0.314 e. The van der Waals surface area contributed by atoms with Crippen LogP contribution in [0.1, 0.15) is 30.4 Å². The Hall–Kier alpha value is -1.35. The summed E-state index contributed by atoms with van der Waals surface area (Å²) in [6.07, 6.45) is 2.56. The van der Waals surface area contributed by atoms with E-state index < -0.39 is 11.4 Å². The van der Waals surface area contributed by atoms with Gasteiger partial charge in [0.05, 0.1) is 5.41 Å². The topological polar surface area (TPSA) is 40.5 Å². The average Bonchev–Trinajstić information content (AvgIpc) is 2.14. The van der Waals surface area contributed by atoms with Crippen molar-refractivity contribution < 1.29 is 9.90 Å². The van der Waals surface area contributed by atoms with Crippen molar-refractivity contribution in [3.8, 4) is 0 Å². The highest BCUT2D eigenvalue weighted by molar-refractivity contribution is 5.82. The molecule has 1 saturated carbocycles. The highest BCUT2D eigenvalue weighted by atomic mass is 16.4. The van der Waals surface area contributed by atoms with Crippen LogP contribution in [0.15, 0.2) is 24.3 Å². The zero-order valence-corrected chi connectivity index (χ0v) is 10.4. The van der Waals surface area contributed by atoms with Crippen LogP contribution in [-0.4, -0.2) is 30.1 Å². The van der Waals surface area contributed by atoms with E-state index in [0.29, 0.717) is 0 Å². The van der Waals surface area contributed by atoms with Crippen molar-refractivity contribution in [2.24, 2.45) is 0 Å². The van der Waals surface area contributed by atoms with Gasteiger partial charge in [0, 0.05) is 6.54 Å². The highest BCUT2D eigenvalue weighted by Gasteiger charge is 2.45. The molecule has 1 aromatic rings. The molecule has 0 saturated heterocycles. The van der Waals surface area contributed by atoms with Gasteiger partial charge in [-0.1, -0.05) is 30.7 Å². The summed E-state index contributed by atoms with van der Waals surface area (Å²) >= 11 is 0. The molecule has 92 valence electrons. The van der Waals surface area contributed by atoms with Crippen molar-refractivity contribution in [1.29, 1.82) is 0 Å². The van der Waals surface area contributed by atoms with Crippen LogP contribution < -0.4 is 0 Å². The predicted octanol–water partition coefficient (Wildman–Crippen LogP) is 2.25. The van der Waals surface area contributed by atoms with Gasteiger partial charge in [0.25, 0.3) is 0 Å². The van der Waals surface area contributed by atoms with Gasteiger partial charge in [-0.05, 0) is 38.1 Å². The molecule has 1 aliphatic carbocycles. The number of aliphatic carboxylic acids is 1. The third kappa shape index (κ3) is 2.20. The van der Waals surface area contributed by atoms with E-state index in [1.54, 1.807) is 0 Å². The molecule has 0 heterocycles. The van der Waals surface area contributed by atoms with Crippen molar-refractivity contribution >= 4 is 5.97 Å². The number of nitrogens with zero attached hydrogens (tertiary/aromatic N) is 1. The van der Waals surface area contributed by atoms with Crippen LogP contribution in [0, 0.1) is 0 Å². The van der Waals surface area contributed by atoms with Crippen LogP contribution in [0.2, 0.25) is 0 Å². The largest absolute Gasteiger partial charge is 0.481 e. The van der Waals surface area contributed by atoms with E-state index in [-0.39, 0.29) is 0 Å². The van der Waals surface area contributed by atoms with E-state index in [9.17, 15) is 9.90 Å². The first-order valence-corrected chi connectivity index (χ1v) is 6.02. The maximum Gasteiger partial charge on any atom is 0.314 e. The fourth-order valence-electron chi connectivity index (χ4n) is 2.49. The minimum absolute atomic E-state index is 0.609. The van der Waals surface area contributed by atoms with Crippen molar-refractivity contribution in [3.05, 3.63) is 35.4 Å². The molecular formula is C14H19NO2. The summed E-state index contributed by atoms with van der Waals surface area (Å²) in [7, 11) is 4.03. The number of carboxylic acids is 1. The lowest BCUT2D eigenvalue weighted by Crippen LogP contribution is -2.42. The second kappa shape index (κ2) is 4.49. The van der Waals surface area contributed by atoms with Crippen molar-refractivity contribution in [2.75, 3.05) is 14.1 Å². The van der Waals surface area contributed by atoms with Crippen LogP contribution >= 0.6 is 0 Å².